The first kappa shape index (κ1) is 15.0. The van der Waals surface area contributed by atoms with Crippen LogP contribution in [0.15, 0.2) is 15.9 Å². The summed E-state index contributed by atoms with van der Waals surface area (Å²) < 4.78 is 1.05. The van der Waals surface area contributed by atoms with Crippen molar-refractivity contribution in [1.29, 1.82) is 0 Å². The maximum absolute atomic E-state index is 12.8. The number of carbonyl (C=O) groups excluding carboxylic acids is 2. The van der Waals surface area contributed by atoms with Crippen LogP contribution in [0.25, 0.3) is 0 Å². The SMILES string of the molecule is CC(C)C1NC(=O)C(C2CC2)N(Cc2ccc(Br)s2)C1=O. The first-order valence-electron chi connectivity index (χ1n) is 7.32. The summed E-state index contributed by atoms with van der Waals surface area (Å²) in [5, 5.41) is 2.92. The summed E-state index contributed by atoms with van der Waals surface area (Å²) in [4.78, 5) is 28.1. The van der Waals surface area contributed by atoms with Gasteiger partial charge in [-0.2, -0.15) is 0 Å². The van der Waals surface area contributed by atoms with Gasteiger partial charge in [0.2, 0.25) is 11.8 Å². The average molecular weight is 371 g/mol. The Morgan fingerprint density at radius 1 is 1.38 bits per heavy atom. The number of piperazine rings is 1. The van der Waals surface area contributed by atoms with Crippen LogP contribution in [0.4, 0.5) is 0 Å². The normalized spacial score (nSPS) is 26.4. The minimum Gasteiger partial charge on any atom is -0.342 e. The number of hydrogen-bond donors (Lipinski definition) is 1. The summed E-state index contributed by atoms with van der Waals surface area (Å²) in [6.45, 7) is 4.48. The van der Waals surface area contributed by atoms with Crippen molar-refractivity contribution in [2.45, 2.75) is 45.3 Å². The second kappa shape index (κ2) is 5.72. The molecule has 1 aliphatic heterocycles. The molecule has 1 saturated carbocycles. The Kier molecular flexibility index (Phi) is 4.10. The molecule has 2 atom stereocenters. The van der Waals surface area contributed by atoms with Gasteiger partial charge in [-0.05, 0) is 52.7 Å². The van der Waals surface area contributed by atoms with Crippen molar-refractivity contribution in [2.75, 3.05) is 0 Å². The van der Waals surface area contributed by atoms with Crippen molar-refractivity contribution in [1.82, 2.24) is 10.2 Å². The van der Waals surface area contributed by atoms with Crippen LogP contribution in [0.3, 0.4) is 0 Å². The van der Waals surface area contributed by atoms with Gasteiger partial charge < -0.3 is 10.2 Å². The molecule has 3 rings (SSSR count). The summed E-state index contributed by atoms with van der Waals surface area (Å²) >= 11 is 5.07. The zero-order valence-electron chi connectivity index (χ0n) is 12.1. The number of hydrogen-bond acceptors (Lipinski definition) is 3. The molecule has 114 valence electrons. The lowest BCUT2D eigenvalue weighted by atomic mass is 9.96. The molecule has 0 aromatic carbocycles. The van der Waals surface area contributed by atoms with Crippen LogP contribution >= 0.6 is 27.3 Å². The van der Waals surface area contributed by atoms with Crippen molar-refractivity contribution in [3.8, 4) is 0 Å². The van der Waals surface area contributed by atoms with Crippen LogP contribution in [0.2, 0.25) is 0 Å². The highest BCUT2D eigenvalue weighted by atomic mass is 79.9. The van der Waals surface area contributed by atoms with Crippen molar-refractivity contribution in [3.05, 3.63) is 20.8 Å². The van der Waals surface area contributed by atoms with E-state index >= 15 is 0 Å². The fourth-order valence-corrected chi connectivity index (χ4v) is 4.35. The summed E-state index contributed by atoms with van der Waals surface area (Å²) in [6, 6.07) is 3.33. The molecule has 6 heteroatoms. The van der Waals surface area contributed by atoms with Crippen molar-refractivity contribution in [3.63, 3.8) is 0 Å². The molecule has 0 radical (unpaired) electrons. The average Bonchev–Trinajstić information content (AvgIpc) is 3.16. The van der Waals surface area contributed by atoms with E-state index in [1.807, 2.05) is 26.0 Å². The van der Waals surface area contributed by atoms with Crippen LogP contribution in [-0.2, 0) is 16.1 Å². The number of carbonyl (C=O) groups is 2. The first-order valence-corrected chi connectivity index (χ1v) is 8.93. The molecular formula is C15H19BrN2O2S. The third kappa shape index (κ3) is 3.01. The Hall–Kier alpha value is -0.880. The maximum atomic E-state index is 12.8. The molecule has 2 fully saturated rings. The molecule has 1 aromatic rings. The Labute approximate surface area is 137 Å². The van der Waals surface area contributed by atoms with Gasteiger partial charge in [0.25, 0.3) is 0 Å². The topological polar surface area (TPSA) is 49.4 Å². The summed E-state index contributed by atoms with van der Waals surface area (Å²) in [6.07, 6.45) is 2.09. The molecule has 1 aliphatic carbocycles. The largest absolute Gasteiger partial charge is 0.342 e. The van der Waals surface area contributed by atoms with E-state index in [1.54, 1.807) is 16.2 Å². The smallest absolute Gasteiger partial charge is 0.246 e. The van der Waals surface area contributed by atoms with E-state index in [9.17, 15) is 9.59 Å². The zero-order chi connectivity index (χ0) is 15.1. The Balaban J connectivity index is 1.86. The van der Waals surface area contributed by atoms with Crippen LogP contribution in [-0.4, -0.2) is 28.8 Å². The van der Waals surface area contributed by atoms with Crippen LogP contribution < -0.4 is 5.32 Å². The van der Waals surface area contributed by atoms with E-state index in [-0.39, 0.29) is 23.8 Å². The third-order valence-corrected chi connectivity index (χ3v) is 5.75. The minimum absolute atomic E-state index is 0.0198. The molecule has 1 N–H and O–H groups in total. The van der Waals surface area contributed by atoms with Crippen LogP contribution in [0.5, 0.6) is 0 Å². The number of amides is 2. The lowest BCUT2D eigenvalue weighted by molar-refractivity contribution is -0.152. The Morgan fingerprint density at radius 3 is 2.62 bits per heavy atom. The molecule has 2 unspecified atom stereocenters. The van der Waals surface area contributed by atoms with Gasteiger partial charge in [-0.15, -0.1) is 11.3 Å². The van der Waals surface area contributed by atoms with E-state index in [2.05, 4.69) is 21.2 Å². The predicted molar refractivity (Wildman–Crippen MR) is 85.8 cm³/mol. The van der Waals surface area contributed by atoms with Gasteiger partial charge in [0.15, 0.2) is 0 Å². The van der Waals surface area contributed by atoms with Gasteiger partial charge in [-0.1, -0.05) is 13.8 Å². The lowest BCUT2D eigenvalue weighted by Crippen LogP contribution is -2.64. The lowest BCUT2D eigenvalue weighted by Gasteiger charge is -2.40. The first-order chi connectivity index (χ1) is 9.97. The highest BCUT2D eigenvalue weighted by Crippen LogP contribution is 2.38. The molecule has 1 saturated heterocycles. The van der Waals surface area contributed by atoms with E-state index < -0.39 is 6.04 Å². The van der Waals surface area contributed by atoms with Gasteiger partial charge in [0.1, 0.15) is 12.1 Å². The monoisotopic (exact) mass is 370 g/mol. The molecule has 2 amide bonds. The highest BCUT2D eigenvalue weighted by Gasteiger charge is 2.48. The molecule has 0 bridgehead atoms. The molecule has 2 aliphatic rings. The quantitative estimate of drug-likeness (QED) is 0.885. The molecule has 0 spiro atoms. The standard InChI is InChI=1S/C15H19BrN2O2S/c1-8(2)12-15(20)18(7-10-5-6-11(16)21-10)13(9-3-4-9)14(19)17-12/h5-6,8-9,12-13H,3-4,7H2,1-2H3,(H,17,19). The van der Waals surface area contributed by atoms with E-state index in [0.29, 0.717) is 12.5 Å². The van der Waals surface area contributed by atoms with E-state index in [0.717, 1.165) is 21.5 Å². The van der Waals surface area contributed by atoms with Crippen LogP contribution in [0.1, 0.15) is 31.6 Å². The number of nitrogens with one attached hydrogen (secondary N) is 1. The van der Waals surface area contributed by atoms with E-state index in [1.165, 1.54) is 0 Å². The Bertz CT molecular complexity index is 568. The fourth-order valence-electron chi connectivity index (χ4n) is 2.87. The summed E-state index contributed by atoms with van der Waals surface area (Å²) in [7, 11) is 0. The number of thiophene rings is 1. The number of rotatable bonds is 4. The summed E-state index contributed by atoms with van der Waals surface area (Å²) in [5.41, 5.74) is 0. The number of halogens is 1. The summed E-state index contributed by atoms with van der Waals surface area (Å²) in [5.74, 6) is 0.530. The van der Waals surface area contributed by atoms with Crippen molar-refractivity contribution in [2.24, 2.45) is 11.8 Å². The predicted octanol–water partition coefficient (Wildman–Crippen LogP) is 2.77. The van der Waals surface area contributed by atoms with Gasteiger partial charge in [0.05, 0.1) is 10.3 Å². The van der Waals surface area contributed by atoms with Gasteiger partial charge >= 0.3 is 0 Å². The molecule has 21 heavy (non-hydrogen) atoms. The maximum Gasteiger partial charge on any atom is 0.246 e. The molecule has 2 heterocycles. The van der Waals surface area contributed by atoms with Gasteiger partial charge in [-0.3, -0.25) is 9.59 Å². The Morgan fingerprint density at radius 2 is 2.10 bits per heavy atom. The fraction of sp³-hybridized carbons (Fsp3) is 0.600. The van der Waals surface area contributed by atoms with Gasteiger partial charge in [-0.25, -0.2) is 0 Å². The van der Waals surface area contributed by atoms with Gasteiger partial charge in [0, 0.05) is 4.88 Å². The van der Waals surface area contributed by atoms with Crippen molar-refractivity contribution >= 4 is 39.1 Å². The third-order valence-electron chi connectivity index (χ3n) is 4.14. The second-order valence-corrected chi connectivity index (χ2v) is 8.73. The van der Waals surface area contributed by atoms with Crippen molar-refractivity contribution < 1.29 is 9.59 Å². The van der Waals surface area contributed by atoms with Crippen LogP contribution in [0, 0.1) is 11.8 Å². The van der Waals surface area contributed by atoms with E-state index in [4.69, 9.17) is 0 Å². The minimum atomic E-state index is -0.393. The number of nitrogens with zero attached hydrogens (tertiary/aromatic N) is 1. The zero-order valence-corrected chi connectivity index (χ0v) is 14.5. The second-order valence-electron chi connectivity index (χ2n) is 6.18. The molecule has 4 nitrogen and oxygen atoms in total. The molecule has 1 aromatic heterocycles. The molecular weight excluding hydrogens is 352 g/mol. The highest BCUT2D eigenvalue weighted by molar-refractivity contribution is 9.11.